The standard InChI is InChI=1S/C14H23NO2/c1-9(2)8-15-17-14-6-10-3-11(7-14)5-12(4-10)13(14)16/h9-12,15H,3-8H2,1-2H3. The zero-order chi connectivity index (χ0) is 12.0. The maximum absolute atomic E-state index is 12.4. The second-order valence-electron chi connectivity index (χ2n) is 6.75. The second kappa shape index (κ2) is 4.06. The van der Waals surface area contributed by atoms with Gasteiger partial charge in [-0.05, 0) is 49.9 Å². The van der Waals surface area contributed by atoms with Gasteiger partial charge in [-0.15, -0.1) is 0 Å². The van der Waals surface area contributed by atoms with Gasteiger partial charge in [0.2, 0.25) is 0 Å². The molecule has 4 bridgehead atoms. The Labute approximate surface area is 103 Å². The van der Waals surface area contributed by atoms with Gasteiger partial charge in [-0.2, -0.15) is 0 Å². The molecule has 4 saturated carbocycles. The Morgan fingerprint density at radius 1 is 1.29 bits per heavy atom. The smallest absolute Gasteiger partial charge is 0.169 e. The van der Waals surface area contributed by atoms with Crippen LogP contribution in [0.15, 0.2) is 0 Å². The first-order valence-electron chi connectivity index (χ1n) is 7.04. The average molecular weight is 237 g/mol. The number of hydrogen-bond donors (Lipinski definition) is 1. The Kier molecular flexibility index (Phi) is 2.79. The molecule has 2 atom stereocenters. The monoisotopic (exact) mass is 237 g/mol. The maximum atomic E-state index is 12.4. The molecule has 0 heterocycles. The average Bonchev–Trinajstić information content (AvgIpc) is 2.24. The van der Waals surface area contributed by atoms with Crippen LogP contribution in [0.4, 0.5) is 0 Å². The number of rotatable bonds is 4. The summed E-state index contributed by atoms with van der Waals surface area (Å²) in [4.78, 5) is 18.3. The summed E-state index contributed by atoms with van der Waals surface area (Å²) in [5, 5.41) is 0. The first kappa shape index (κ1) is 11.7. The van der Waals surface area contributed by atoms with Gasteiger partial charge < -0.3 is 0 Å². The van der Waals surface area contributed by atoms with Gasteiger partial charge in [-0.1, -0.05) is 13.8 Å². The Morgan fingerprint density at radius 2 is 1.94 bits per heavy atom. The summed E-state index contributed by atoms with van der Waals surface area (Å²) in [6.07, 6.45) is 5.52. The molecular formula is C14H23NO2. The third kappa shape index (κ3) is 1.93. The van der Waals surface area contributed by atoms with Crippen molar-refractivity contribution in [2.24, 2.45) is 23.7 Å². The van der Waals surface area contributed by atoms with E-state index < -0.39 is 5.60 Å². The van der Waals surface area contributed by atoms with Gasteiger partial charge in [0.1, 0.15) is 5.60 Å². The molecule has 4 aliphatic rings. The number of carbonyl (C=O) groups excluding carboxylic acids is 1. The van der Waals surface area contributed by atoms with Crippen LogP contribution in [0, 0.1) is 23.7 Å². The minimum absolute atomic E-state index is 0.307. The summed E-state index contributed by atoms with van der Waals surface area (Å²) in [5.74, 6) is 2.74. The van der Waals surface area contributed by atoms with E-state index in [1.807, 2.05) is 0 Å². The van der Waals surface area contributed by atoms with E-state index in [2.05, 4.69) is 19.3 Å². The third-order valence-electron chi connectivity index (χ3n) is 4.72. The molecular weight excluding hydrogens is 214 g/mol. The summed E-state index contributed by atoms with van der Waals surface area (Å²) in [7, 11) is 0. The summed E-state index contributed by atoms with van der Waals surface area (Å²) >= 11 is 0. The molecule has 0 aliphatic heterocycles. The SMILES string of the molecule is CC(C)CNOC12CC3CC(CC(C3)C1=O)C2. The summed E-state index contributed by atoms with van der Waals surface area (Å²) in [6.45, 7) is 5.13. The first-order valence-corrected chi connectivity index (χ1v) is 7.04. The number of hydrogen-bond acceptors (Lipinski definition) is 3. The summed E-state index contributed by atoms with van der Waals surface area (Å²) < 4.78 is 0. The van der Waals surface area contributed by atoms with Crippen molar-refractivity contribution in [1.29, 1.82) is 0 Å². The molecule has 17 heavy (non-hydrogen) atoms. The lowest BCUT2D eigenvalue weighted by molar-refractivity contribution is -0.199. The molecule has 0 spiro atoms. The topological polar surface area (TPSA) is 38.3 Å². The van der Waals surface area contributed by atoms with Crippen LogP contribution < -0.4 is 5.48 Å². The lowest BCUT2D eigenvalue weighted by Gasteiger charge is -2.54. The van der Waals surface area contributed by atoms with E-state index in [9.17, 15) is 4.79 Å². The maximum Gasteiger partial charge on any atom is 0.169 e. The van der Waals surface area contributed by atoms with E-state index in [1.54, 1.807) is 0 Å². The van der Waals surface area contributed by atoms with Crippen molar-refractivity contribution in [3.05, 3.63) is 0 Å². The minimum Gasteiger partial charge on any atom is -0.296 e. The van der Waals surface area contributed by atoms with Crippen LogP contribution in [0.5, 0.6) is 0 Å². The van der Waals surface area contributed by atoms with Gasteiger partial charge in [0.15, 0.2) is 5.78 Å². The molecule has 3 heteroatoms. The van der Waals surface area contributed by atoms with Crippen LogP contribution in [0.2, 0.25) is 0 Å². The Bertz CT molecular complexity index is 312. The number of ketones is 1. The molecule has 4 fully saturated rings. The Balaban J connectivity index is 1.70. The molecule has 0 aromatic rings. The van der Waals surface area contributed by atoms with E-state index >= 15 is 0 Å². The lowest BCUT2D eigenvalue weighted by Crippen LogP contribution is -2.60. The van der Waals surface area contributed by atoms with Gasteiger partial charge in [0, 0.05) is 12.5 Å². The molecule has 3 nitrogen and oxygen atoms in total. The number of nitrogens with one attached hydrogen (secondary N) is 1. The van der Waals surface area contributed by atoms with Crippen LogP contribution >= 0.6 is 0 Å². The van der Waals surface area contributed by atoms with Crippen LogP contribution in [-0.2, 0) is 9.63 Å². The third-order valence-corrected chi connectivity index (χ3v) is 4.72. The first-order chi connectivity index (χ1) is 8.09. The highest BCUT2D eigenvalue weighted by Gasteiger charge is 2.58. The zero-order valence-electron chi connectivity index (χ0n) is 10.9. The molecule has 4 rings (SSSR count). The van der Waals surface area contributed by atoms with Crippen LogP contribution in [0.1, 0.15) is 46.0 Å². The second-order valence-corrected chi connectivity index (χ2v) is 6.75. The highest BCUT2D eigenvalue weighted by atomic mass is 16.7. The van der Waals surface area contributed by atoms with Crippen molar-refractivity contribution in [2.75, 3.05) is 6.54 Å². The van der Waals surface area contributed by atoms with Gasteiger partial charge in [0.25, 0.3) is 0 Å². The highest BCUT2D eigenvalue weighted by Crippen LogP contribution is 2.54. The van der Waals surface area contributed by atoms with Gasteiger partial charge in [0.05, 0.1) is 0 Å². The molecule has 0 aromatic heterocycles. The number of Topliss-reactive ketones (excluding diaryl/α,β-unsaturated/α-hetero) is 1. The van der Waals surface area contributed by atoms with E-state index in [0.29, 0.717) is 17.6 Å². The predicted molar refractivity (Wildman–Crippen MR) is 65.2 cm³/mol. The summed E-state index contributed by atoms with van der Waals surface area (Å²) in [6, 6.07) is 0. The van der Waals surface area contributed by atoms with E-state index in [1.165, 1.54) is 6.42 Å². The van der Waals surface area contributed by atoms with Crippen molar-refractivity contribution < 1.29 is 9.63 Å². The molecule has 4 aliphatic carbocycles. The fourth-order valence-corrected chi connectivity index (χ4v) is 4.18. The van der Waals surface area contributed by atoms with Gasteiger partial charge in [-0.25, -0.2) is 5.48 Å². The fraction of sp³-hybridized carbons (Fsp3) is 0.929. The fourth-order valence-electron chi connectivity index (χ4n) is 4.18. The van der Waals surface area contributed by atoms with Gasteiger partial charge in [-0.3, -0.25) is 9.63 Å². The van der Waals surface area contributed by atoms with Crippen molar-refractivity contribution in [2.45, 2.75) is 51.6 Å². The molecule has 0 amide bonds. The van der Waals surface area contributed by atoms with E-state index in [4.69, 9.17) is 4.84 Å². The normalized spacial score (nSPS) is 43.7. The number of hydroxylamine groups is 1. The predicted octanol–water partition coefficient (Wildman–Crippen LogP) is 2.31. The molecule has 1 N–H and O–H groups in total. The van der Waals surface area contributed by atoms with E-state index in [-0.39, 0.29) is 0 Å². The quantitative estimate of drug-likeness (QED) is 0.763. The molecule has 0 radical (unpaired) electrons. The number of carbonyl (C=O) groups is 1. The zero-order valence-corrected chi connectivity index (χ0v) is 10.9. The van der Waals surface area contributed by atoms with Crippen molar-refractivity contribution in [3.8, 4) is 0 Å². The largest absolute Gasteiger partial charge is 0.296 e. The Morgan fingerprint density at radius 3 is 2.53 bits per heavy atom. The van der Waals surface area contributed by atoms with Crippen LogP contribution in [0.3, 0.4) is 0 Å². The molecule has 2 unspecified atom stereocenters. The van der Waals surface area contributed by atoms with Crippen molar-refractivity contribution in [3.63, 3.8) is 0 Å². The van der Waals surface area contributed by atoms with E-state index in [0.717, 1.165) is 44.1 Å². The molecule has 0 aromatic carbocycles. The molecule has 96 valence electrons. The van der Waals surface area contributed by atoms with Crippen LogP contribution in [-0.4, -0.2) is 17.9 Å². The van der Waals surface area contributed by atoms with Crippen LogP contribution in [0.25, 0.3) is 0 Å². The van der Waals surface area contributed by atoms with Crippen molar-refractivity contribution >= 4 is 5.78 Å². The van der Waals surface area contributed by atoms with Gasteiger partial charge >= 0.3 is 0 Å². The van der Waals surface area contributed by atoms with Crippen molar-refractivity contribution in [1.82, 2.24) is 5.48 Å². The summed E-state index contributed by atoms with van der Waals surface area (Å²) in [5.41, 5.74) is 2.60. The molecule has 0 saturated heterocycles. The minimum atomic E-state index is -0.455. The highest BCUT2D eigenvalue weighted by molar-refractivity contribution is 5.91. The lowest BCUT2D eigenvalue weighted by atomic mass is 9.53. The Hall–Kier alpha value is -0.410.